The highest BCUT2D eigenvalue weighted by Crippen LogP contribution is 2.05. The van der Waals surface area contributed by atoms with E-state index in [1.165, 1.54) is 0 Å². The Hall–Kier alpha value is -1.10. The van der Waals surface area contributed by atoms with E-state index < -0.39 is 6.10 Å². The Morgan fingerprint density at radius 3 is 3.00 bits per heavy atom. The number of aliphatic hydroxyl groups is 1. The second-order valence-electron chi connectivity index (χ2n) is 3.99. The fraction of sp³-hybridized carbons (Fsp3) is 0.800. The summed E-state index contributed by atoms with van der Waals surface area (Å²) in [5.74, 6) is -0.0183. The molecule has 0 spiro atoms. The molecule has 1 aliphatic rings. The van der Waals surface area contributed by atoms with E-state index in [0.717, 1.165) is 6.42 Å². The van der Waals surface area contributed by atoms with Crippen LogP contribution in [0, 0.1) is 0 Å². The summed E-state index contributed by atoms with van der Waals surface area (Å²) in [7, 11) is 0. The van der Waals surface area contributed by atoms with E-state index in [-0.39, 0.29) is 17.9 Å². The molecule has 0 aromatic carbocycles. The molecular formula is C10H18N2O3. The molecule has 1 saturated heterocycles. The van der Waals surface area contributed by atoms with Crippen molar-refractivity contribution < 1.29 is 14.7 Å². The average molecular weight is 214 g/mol. The molecule has 1 rings (SSSR count). The first-order chi connectivity index (χ1) is 7.08. The van der Waals surface area contributed by atoms with Gasteiger partial charge in [-0.25, -0.2) is 0 Å². The summed E-state index contributed by atoms with van der Waals surface area (Å²) in [4.78, 5) is 22.1. The summed E-state index contributed by atoms with van der Waals surface area (Å²) in [6, 6.07) is 0.0769. The first-order valence-electron chi connectivity index (χ1n) is 5.32. The number of aliphatic hydroxyl groups excluding tert-OH is 1. The van der Waals surface area contributed by atoms with Crippen molar-refractivity contribution in [3.8, 4) is 0 Å². The minimum atomic E-state index is -0.443. The van der Waals surface area contributed by atoms with Gasteiger partial charge in [0.2, 0.25) is 11.8 Å². The van der Waals surface area contributed by atoms with Crippen molar-refractivity contribution in [1.29, 1.82) is 0 Å². The summed E-state index contributed by atoms with van der Waals surface area (Å²) in [6.07, 6.45) is 1.70. The minimum absolute atomic E-state index is 0.0539. The van der Waals surface area contributed by atoms with Gasteiger partial charge in [0, 0.05) is 25.4 Å². The maximum absolute atomic E-state index is 11.3. The Kier molecular flexibility index (Phi) is 4.55. The van der Waals surface area contributed by atoms with E-state index in [1.54, 1.807) is 6.92 Å². The number of rotatable bonds is 5. The molecule has 1 fully saturated rings. The molecule has 0 aromatic rings. The van der Waals surface area contributed by atoms with Crippen molar-refractivity contribution >= 4 is 11.8 Å². The van der Waals surface area contributed by atoms with Gasteiger partial charge in [-0.05, 0) is 19.8 Å². The SMILES string of the molecule is CC(O)CCC(=O)NCC1CCC(=O)N1. The monoisotopic (exact) mass is 214 g/mol. The van der Waals surface area contributed by atoms with Gasteiger partial charge in [-0.1, -0.05) is 0 Å². The largest absolute Gasteiger partial charge is 0.393 e. The molecule has 0 bridgehead atoms. The lowest BCUT2D eigenvalue weighted by atomic mass is 10.2. The van der Waals surface area contributed by atoms with Gasteiger partial charge in [0.05, 0.1) is 6.10 Å². The zero-order valence-corrected chi connectivity index (χ0v) is 8.95. The number of amides is 2. The van der Waals surface area contributed by atoms with Crippen LogP contribution in [0.15, 0.2) is 0 Å². The van der Waals surface area contributed by atoms with Crippen LogP contribution in [0.3, 0.4) is 0 Å². The van der Waals surface area contributed by atoms with Crippen molar-refractivity contribution in [1.82, 2.24) is 10.6 Å². The van der Waals surface area contributed by atoms with E-state index in [1.807, 2.05) is 0 Å². The topological polar surface area (TPSA) is 78.4 Å². The molecule has 2 amide bonds. The second-order valence-corrected chi connectivity index (χ2v) is 3.99. The summed E-state index contributed by atoms with van der Waals surface area (Å²) in [6.45, 7) is 2.15. The Bertz CT molecular complexity index is 241. The van der Waals surface area contributed by atoms with Gasteiger partial charge in [-0.2, -0.15) is 0 Å². The van der Waals surface area contributed by atoms with Crippen LogP contribution in [-0.2, 0) is 9.59 Å². The standard InChI is InChI=1S/C10H18N2O3/c1-7(13)2-4-9(14)11-6-8-3-5-10(15)12-8/h7-8,13H,2-6H2,1H3,(H,11,14)(H,12,15). The van der Waals surface area contributed by atoms with Gasteiger partial charge in [-0.15, -0.1) is 0 Å². The highest BCUT2D eigenvalue weighted by Gasteiger charge is 2.20. The molecular weight excluding hydrogens is 196 g/mol. The molecule has 1 aliphatic heterocycles. The number of carbonyl (C=O) groups excluding carboxylic acids is 2. The van der Waals surface area contributed by atoms with Gasteiger partial charge in [0.25, 0.3) is 0 Å². The van der Waals surface area contributed by atoms with E-state index in [4.69, 9.17) is 5.11 Å². The third kappa shape index (κ3) is 4.78. The molecule has 2 unspecified atom stereocenters. The number of hydrogen-bond donors (Lipinski definition) is 3. The third-order valence-electron chi connectivity index (χ3n) is 2.42. The zero-order valence-electron chi connectivity index (χ0n) is 8.95. The van der Waals surface area contributed by atoms with Gasteiger partial charge >= 0.3 is 0 Å². The van der Waals surface area contributed by atoms with Gasteiger partial charge < -0.3 is 15.7 Å². The van der Waals surface area contributed by atoms with Crippen LogP contribution >= 0.6 is 0 Å². The fourth-order valence-corrected chi connectivity index (χ4v) is 1.50. The lowest BCUT2D eigenvalue weighted by Gasteiger charge is -2.11. The van der Waals surface area contributed by atoms with E-state index in [9.17, 15) is 9.59 Å². The van der Waals surface area contributed by atoms with Crippen molar-refractivity contribution in [3.63, 3.8) is 0 Å². The second kappa shape index (κ2) is 5.70. The van der Waals surface area contributed by atoms with Crippen LogP contribution in [0.2, 0.25) is 0 Å². The predicted molar refractivity (Wildman–Crippen MR) is 55.1 cm³/mol. The van der Waals surface area contributed by atoms with Crippen molar-refractivity contribution in [2.24, 2.45) is 0 Å². The molecule has 0 aromatic heterocycles. The van der Waals surface area contributed by atoms with Crippen LogP contribution in [0.25, 0.3) is 0 Å². The summed E-state index contributed by atoms with van der Waals surface area (Å²) in [5.41, 5.74) is 0. The van der Waals surface area contributed by atoms with Gasteiger partial charge in [0.1, 0.15) is 0 Å². The zero-order chi connectivity index (χ0) is 11.3. The Morgan fingerprint density at radius 2 is 2.47 bits per heavy atom. The van der Waals surface area contributed by atoms with Gasteiger partial charge in [-0.3, -0.25) is 9.59 Å². The van der Waals surface area contributed by atoms with Crippen LogP contribution < -0.4 is 10.6 Å². The third-order valence-corrected chi connectivity index (χ3v) is 2.42. The van der Waals surface area contributed by atoms with E-state index in [2.05, 4.69) is 10.6 Å². The highest BCUT2D eigenvalue weighted by molar-refractivity contribution is 5.79. The van der Waals surface area contributed by atoms with Gasteiger partial charge in [0.15, 0.2) is 0 Å². The van der Waals surface area contributed by atoms with Crippen molar-refractivity contribution in [2.75, 3.05) is 6.54 Å². The summed E-state index contributed by atoms with van der Waals surface area (Å²) < 4.78 is 0. The molecule has 3 N–H and O–H groups in total. The molecule has 0 aliphatic carbocycles. The molecule has 0 radical (unpaired) electrons. The Balaban J connectivity index is 2.09. The predicted octanol–water partition coefficient (Wildman–Crippen LogP) is -0.458. The molecule has 2 atom stereocenters. The first kappa shape index (κ1) is 12.0. The smallest absolute Gasteiger partial charge is 0.220 e. The molecule has 15 heavy (non-hydrogen) atoms. The molecule has 5 heteroatoms. The van der Waals surface area contributed by atoms with Crippen LogP contribution in [0.4, 0.5) is 0 Å². The maximum Gasteiger partial charge on any atom is 0.220 e. The fourth-order valence-electron chi connectivity index (χ4n) is 1.50. The average Bonchev–Trinajstić information content (AvgIpc) is 2.58. The normalized spacial score (nSPS) is 22.3. The van der Waals surface area contributed by atoms with Crippen molar-refractivity contribution in [3.05, 3.63) is 0 Å². The Labute approximate surface area is 89.2 Å². The van der Waals surface area contributed by atoms with Crippen LogP contribution in [0.5, 0.6) is 0 Å². The first-order valence-corrected chi connectivity index (χ1v) is 5.32. The lowest BCUT2D eigenvalue weighted by molar-refractivity contribution is -0.122. The maximum atomic E-state index is 11.3. The highest BCUT2D eigenvalue weighted by atomic mass is 16.3. The Morgan fingerprint density at radius 1 is 1.73 bits per heavy atom. The number of carbonyl (C=O) groups is 2. The molecule has 0 saturated carbocycles. The molecule has 5 nitrogen and oxygen atoms in total. The van der Waals surface area contributed by atoms with Crippen LogP contribution in [-0.4, -0.2) is 35.6 Å². The molecule has 1 heterocycles. The van der Waals surface area contributed by atoms with E-state index >= 15 is 0 Å². The van der Waals surface area contributed by atoms with Crippen LogP contribution in [0.1, 0.15) is 32.6 Å². The lowest BCUT2D eigenvalue weighted by Crippen LogP contribution is -2.38. The van der Waals surface area contributed by atoms with Crippen molar-refractivity contribution in [2.45, 2.75) is 44.8 Å². The summed E-state index contributed by atoms with van der Waals surface area (Å²) >= 11 is 0. The summed E-state index contributed by atoms with van der Waals surface area (Å²) in [5, 5.41) is 14.5. The molecule has 86 valence electrons. The minimum Gasteiger partial charge on any atom is -0.393 e. The number of nitrogens with one attached hydrogen (secondary N) is 2. The number of hydrogen-bond acceptors (Lipinski definition) is 3. The van der Waals surface area contributed by atoms with E-state index in [0.29, 0.717) is 25.8 Å². The quantitative estimate of drug-likeness (QED) is 0.579.